The Hall–Kier alpha value is -2.21. The van der Waals surface area contributed by atoms with Gasteiger partial charge < -0.3 is 20.1 Å². The van der Waals surface area contributed by atoms with Crippen molar-refractivity contribution in [3.63, 3.8) is 0 Å². The van der Waals surface area contributed by atoms with Gasteiger partial charge in [0, 0.05) is 13.6 Å². The van der Waals surface area contributed by atoms with Crippen LogP contribution >= 0.6 is 11.3 Å². The highest BCUT2D eigenvalue weighted by Crippen LogP contribution is 2.28. The van der Waals surface area contributed by atoms with Crippen LogP contribution in [0.4, 0.5) is 5.69 Å². The van der Waals surface area contributed by atoms with Crippen LogP contribution in [0.25, 0.3) is 0 Å². The Bertz CT molecular complexity index is 640. The number of ether oxygens (including phenoxy) is 2. The molecule has 0 saturated carbocycles. The molecule has 0 fully saturated rings. The van der Waals surface area contributed by atoms with Gasteiger partial charge in [0.05, 0.1) is 19.9 Å². The van der Waals surface area contributed by atoms with E-state index in [9.17, 15) is 4.79 Å². The van der Waals surface area contributed by atoms with Crippen LogP contribution in [0.1, 0.15) is 15.2 Å². The van der Waals surface area contributed by atoms with Gasteiger partial charge in [-0.3, -0.25) is 4.79 Å². The summed E-state index contributed by atoms with van der Waals surface area (Å²) >= 11 is 1.35. The second kappa shape index (κ2) is 6.49. The summed E-state index contributed by atoms with van der Waals surface area (Å²) in [5.41, 5.74) is 7.26. The summed E-state index contributed by atoms with van der Waals surface area (Å²) in [5.74, 6) is 1.22. The van der Waals surface area contributed by atoms with E-state index in [0.29, 0.717) is 28.6 Å². The zero-order valence-electron chi connectivity index (χ0n) is 12.3. The van der Waals surface area contributed by atoms with Gasteiger partial charge in [-0.15, -0.1) is 11.3 Å². The molecule has 0 saturated heterocycles. The van der Waals surface area contributed by atoms with Gasteiger partial charge in [0.25, 0.3) is 5.91 Å². The Morgan fingerprint density at radius 1 is 1.24 bits per heavy atom. The highest BCUT2D eigenvalue weighted by molar-refractivity contribution is 7.12. The van der Waals surface area contributed by atoms with Crippen molar-refractivity contribution in [2.24, 2.45) is 0 Å². The molecule has 1 aromatic carbocycles. The Labute approximate surface area is 127 Å². The summed E-state index contributed by atoms with van der Waals surface area (Å²) in [6.45, 7) is 0.469. The average Bonchev–Trinajstić information content (AvgIpc) is 2.92. The zero-order chi connectivity index (χ0) is 15.4. The van der Waals surface area contributed by atoms with E-state index in [4.69, 9.17) is 15.2 Å². The molecule has 6 heteroatoms. The van der Waals surface area contributed by atoms with Crippen LogP contribution in [0.5, 0.6) is 11.5 Å². The number of carbonyl (C=O) groups excluding carboxylic acids is 1. The van der Waals surface area contributed by atoms with Crippen LogP contribution in [0.15, 0.2) is 29.6 Å². The van der Waals surface area contributed by atoms with Gasteiger partial charge in [0.1, 0.15) is 4.88 Å². The lowest BCUT2D eigenvalue weighted by molar-refractivity contribution is 0.0790. The minimum Gasteiger partial charge on any atom is -0.493 e. The number of anilines is 1. The molecule has 2 aromatic rings. The van der Waals surface area contributed by atoms with E-state index in [1.165, 1.54) is 11.3 Å². The summed E-state index contributed by atoms with van der Waals surface area (Å²) in [4.78, 5) is 14.5. The number of hydrogen-bond donors (Lipinski definition) is 1. The third-order valence-electron chi connectivity index (χ3n) is 3.10. The lowest BCUT2D eigenvalue weighted by Gasteiger charge is -2.18. The third-order valence-corrected chi connectivity index (χ3v) is 4.02. The van der Waals surface area contributed by atoms with Crippen LogP contribution in [-0.2, 0) is 6.54 Å². The van der Waals surface area contributed by atoms with E-state index in [-0.39, 0.29) is 5.91 Å². The fourth-order valence-corrected chi connectivity index (χ4v) is 2.80. The Morgan fingerprint density at radius 2 is 1.95 bits per heavy atom. The summed E-state index contributed by atoms with van der Waals surface area (Å²) in [6.07, 6.45) is 0. The number of nitrogens with zero attached hydrogens (tertiary/aromatic N) is 1. The predicted octanol–water partition coefficient (Wildman–Crippen LogP) is 2.62. The number of hydrogen-bond acceptors (Lipinski definition) is 5. The standard InChI is InChI=1S/C15H18N2O3S/c1-17(15(18)14-11(16)6-7-21-14)9-10-4-5-12(19-2)13(8-10)20-3/h4-8H,9,16H2,1-3H3. The van der Waals surface area contributed by atoms with E-state index in [0.717, 1.165) is 5.56 Å². The first-order valence-electron chi connectivity index (χ1n) is 6.36. The van der Waals surface area contributed by atoms with Gasteiger partial charge in [-0.1, -0.05) is 6.07 Å². The second-order valence-electron chi connectivity index (χ2n) is 4.56. The zero-order valence-corrected chi connectivity index (χ0v) is 13.1. The Morgan fingerprint density at radius 3 is 2.52 bits per heavy atom. The molecule has 0 aliphatic heterocycles. The van der Waals surface area contributed by atoms with Crippen LogP contribution < -0.4 is 15.2 Å². The van der Waals surface area contributed by atoms with E-state index in [2.05, 4.69) is 0 Å². The van der Waals surface area contributed by atoms with Crippen molar-refractivity contribution in [2.45, 2.75) is 6.54 Å². The predicted molar refractivity (Wildman–Crippen MR) is 84.1 cm³/mol. The van der Waals surface area contributed by atoms with Crippen LogP contribution in [0, 0.1) is 0 Å². The molecule has 0 bridgehead atoms. The molecule has 112 valence electrons. The lowest BCUT2D eigenvalue weighted by atomic mass is 10.2. The first-order valence-corrected chi connectivity index (χ1v) is 7.24. The second-order valence-corrected chi connectivity index (χ2v) is 5.47. The number of benzene rings is 1. The molecule has 1 amide bonds. The largest absolute Gasteiger partial charge is 0.493 e. The summed E-state index contributed by atoms with van der Waals surface area (Å²) in [5, 5.41) is 1.81. The van der Waals surface area contributed by atoms with E-state index >= 15 is 0 Å². The monoisotopic (exact) mass is 306 g/mol. The van der Waals surface area contributed by atoms with E-state index in [1.54, 1.807) is 32.2 Å². The van der Waals surface area contributed by atoms with Gasteiger partial charge in [-0.05, 0) is 29.1 Å². The van der Waals surface area contributed by atoms with Crippen molar-refractivity contribution in [3.8, 4) is 11.5 Å². The van der Waals surface area contributed by atoms with Crippen molar-refractivity contribution >= 4 is 22.9 Å². The molecule has 2 N–H and O–H groups in total. The Kier molecular flexibility index (Phi) is 4.70. The Balaban J connectivity index is 2.14. The van der Waals surface area contributed by atoms with Crippen LogP contribution in [0.2, 0.25) is 0 Å². The molecule has 0 aliphatic carbocycles. The molecule has 0 spiro atoms. The van der Waals surface area contributed by atoms with Gasteiger partial charge in [-0.2, -0.15) is 0 Å². The van der Waals surface area contributed by atoms with Crippen molar-refractivity contribution < 1.29 is 14.3 Å². The fourth-order valence-electron chi connectivity index (χ4n) is 1.99. The lowest BCUT2D eigenvalue weighted by Crippen LogP contribution is -2.26. The van der Waals surface area contributed by atoms with Gasteiger partial charge >= 0.3 is 0 Å². The van der Waals surface area contributed by atoms with Gasteiger partial charge in [-0.25, -0.2) is 0 Å². The molecule has 21 heavy (non-hydrogen) atoms. The van der Waals surface area contributed by atoms with E-state index < -0.39 is 0 Å². The molecule has 5 nitrogen and oxygen atoms in total. The summed E-state index contributed by atoms with van der Waals surface area (Å²) in [7, 11) is 4.92. The van der Waals surface area contributed by atoms with Crippen molar-refractivity contribution in [1.29, 1.82) is 0 Å². The summed E-state index contributed by atoms with van der Waals surface area (Å²) in [6, 6.07) is 7.33. The normalized spacial score (nSPS) is 10.2. The number of nitrogens with two attached hydrogens (primary N) is 1. The van der Waals surface area contributed by atoms with Crippen LogP contribution in [-0.4, -0.2) is 32.1 Å². The smallest absolute Gasteiger partial charge is 0.266 e. The highest BCUT2D eigenvalue weighted by Gasteiger charge is 2.16. The SMILES string of the molecule is COc1ccc(CN(C)C(=O)c2sccc2N)cc1OC. The molecule has 0 aliphatic rings. The van der Waals surface area contributed by atoms with Gasteiger partial charge in [0.2, 0.25) is 0 Å². The topological polar surface area (TPSA) is 64.8 Å². The highest BCUT2D eigenvalue weighted by atomic mass is 32.1. The molecule has 0 unspecified atom stereocenters. The quantitative estimate of drug-likeness (QED) is 0.922. The molecule has 1 aromatic heterocycles. The van der Waals surface area contributed by atoms with Crippen molar-refractivity contribution in [1.82, 2.24) is 4.90 Å². The van der Waals surface area contributed by atoms with E-state index in [1.807, 2.05) is 23.6 Å². The van der Waals surface area contributed by atoms with Gasteiger partial charge in [0.15, 0.2) is 11.5 Å². The number of thiophene rings is 1. The maximum Gasteiger partial charge on any atom is 0.266 e. The average molecular weight is 306 g/mol. The maximum atomic E-state index is 12.3. The van der Waals surface area contributed by atoms with Crippen molar-refractivity contribution in [2.75, 3.05) is 27.0 Å². The molecule has 0 radical (unpaired) electrons. The van der Waals surface area contributed by atoms with Crippen molar-refractivity contribution in [3.05, 3.63) is 40.1 Å². The van der Waals surface area contributed by atoms with Crippen LogP contribution in [0.3, 0.4) is 0 Å². The number of rotatable bonds is 5. The fraction of sp³-hybridized carbons (Fsp3) is 0.267. The molecule has 0 atom stereocenters. The number of amides is 1. The molecule has 1 heterocycles. The molecule has 2 rings (SSSR count). The summed E-state index contributed by atoms with van der Waals surface area (Å²) < 4.78 is 10.5. The number of nitrogen functional groups attached to an aromatic ring is 1. The maximum absolute atomic E-state index is 12.3. The number of carbonyl (C=O) groups is 1. The first kappa shape index (κ1) is 15.2. The third kappa shape index (κ3) is 3.28. The minimum absolute atomic E-state index is 0.0858. The molecular formula is C15H18N2O3S. The minimum atomic E-state index is -0.0858. The number of methoxy groups -OCH3 is 2. The first-order chi connectivity index (χ1) is 10.1. The molecular weight excluding hydrogens is 288 g/mol.